The van der Waals surface area contributed by atoms with Crippen LogP contribution in [-0.2, 0) is 11.3 Å². The molecule has 0 amide bonds. The number of nitrogens with one attached hydrogen (secondary N) is 1. The zero-order valence-corrected chi connectivity index (χ0v) is 9.58. The summed E-state index contributed by atoms with van der Waals surface area (Å²) in [5, 5.41) is 0. The summed E-state index contributed by atoms with van der Waals surface area (Å²) < 4.78 is 27.4. The number of benzene rings is 1. The van der Waals surface area contributed by atoms with Crippen molar-refractivity contribution in [2.24, 2.45) is 0 Å². The van der Waals surface area contributed by atoms with Crippen molar-refractivity contribution in [3.8, 4) is 5.75 Å². The van der Waals surface area contributed by atoms with Gasteiger partial charge in [-0.25, -0.2) is 4.72 Å². The van der Waals surface area contributed by atoms with Crippen LogP contribution in [0.25, 0.3) is 0 Å². The van der Waals surface area contributed by atoms with Crippen LogP contribution in [0, 0.1) is 0 Å². The zero-order chi connectivity index (χ0) is 12.0. The number of methoxy groups -OCH3 is 1. The molecule has 1 atom stereocenters. The molecule has 1 N–H and O–H groups in total. The monoisotopic (exact) mass is 242 g/mol. The summed E-state index contributed by atoms with van der Waals surface area (Å²) in [6.45, 7) is 0.112. The SMILES string of the molecule is COc1ccc(C(=O)CCNS(=O)[O-])cc1. The second-order valence-corrected chi connectivity index (χ2v) is 3.79. The predicted octanol–water partition coefficient (Wildman–Crippen LogP) is 0.652. The van der Waals surface area contributed by atoms with Gasteiger partial charge in [0.25, 0.3) is 0 Å². The number of carbonyl (C=O) groups is 1. The molecule has 16 heavy (non-hydrogen) atoms. The lowest BCUT2D eigenvalue weighted by Gasteiger charge is -2.06. The Bertz CT molecular complexity index is 377. The van der Waals surface area contributed by atoms with Crippen molar-refractivity contribution in [3.05, 3.63) is 29.8 Å². The molecule has 5 nitrogen and oxygen atoms in total. The van der Waals surface area contributed by atoms with Gasteiger partial charge in [-0.3, -0.25) is 9.00 Å². The Labute approximate surface area is 96.2 Å². The molecule has 0 aliphatic heterocycles. The summed E-state index contributed by atoms with van der Waals surface area (Å²) in [7, 11) is 1.55. The van der Waals surface area contributed by atoms with Crippen molar-refractivity contribution >= 4 is 17.0 Å². The van der Waals surface area contributed by atoms with Crippen molar-refractivity contribution in [2.75, 3.05) is 13.7 Å². The van der Waals surface area contributed by atoms with Crippen molar-refractivity contribution in [2.45, 2.75) is 6.42 Å². The van der Waals surface area contributed by atoms with Gasteiger partial charge in [0.1, 0.15) is 5.75 Å². The lowest BCUT2D eigenvalue weighted by atomic mass is 10.1. The van der Waals surface area contributed by atoms with Gasteiger partial charge in [0.2, 0.25) is 0 Å². The third-order valence-electron chi connectivity index (χ3n) is 1.98. The fourth-order valence-electron chi connectivity index (χ4n) is 1.17. The molecule has 0 saturated carbocycles. The van der Waals surface area contributed by atoms with E-state index in [1.54, 1.807) is 31.4 Å². The molecule has 0 spiro atoms. The Balaban J connectivity index is 2.49. The van der Waals surface area contributed by atoms with E-state index in [1.807, 2.05) is 0 Å². The van der Waals surface area contributed by atoms with E-state index in [4.69, 9.17) is 4.74 Å². The fraction of sp³-hybridized carbons (Fsp3) is 0.300. The number of hydrogen-bond acceptors (Lipinski definition) is 4. The van der Waals surface area contributed by atoms with Crippen LogP contribution in [0.5, 0.6) is 5.75 Å². The second-order valence-electron chi connectivity index (χ2n) is 3.03. The molecule has 0 bridgehead atoms. The van der Waals surface area contributed by atoms with E-state index < -0.39 is 11.3 Å². The van der Waals surface area contributed by atoms with Crippen LogP contribution in [0.3, 0.4) is 0 Å². The van der Waals surface area contributed by atoms with E-state index in [0.717, 1.165) is 0 Å². The summed E-state index contributed by atoms with van der Waals surface area (Å²) in [6, 6.07) is 6.67. The van der Waals surface area contributed by atoms with Crippen LogP contribution in [0.4, 0.5) is 0 Å². The molecule has 1 aromatic rings. The van der Waals surface area contributed by atoms with E-state index in [1.165, 1.54) is 0 Å². The average Bonchev–Trinajstić information content (AvgIpc) is 2.28. The molecule has 1 rings (SSSR count). The zero-order valence-electron chi connectivity index (χ0n) is 8.76. The molecule has 0 aromatic heterocycles. The maximum absolute atomic E-state index is 11.5. The Kier molecular flexibility index (Phi) is 5.10. The van der Waals surface area contributed by atoms with E-state index in [-0.39, 0.29) is 18.7 Å². The van der Waals surface area contributed by atoms with Crippen LogP contribution in [-0.4, -0.2) is 28.2 Å². The quantitative estimate of drug-likeness (QED) is 0.587. The molecule has 0 saturated heterocycles. The average molecular weight is 242 g/mol. The maximum atomic E-state index is 11.5. The summed E-state index contributed by atoms with van der Waals surface area (Å²) in [5.41, 5.74) is 0.541. The third-order valence-corrected chi connectivity index (χ3v) is 2.42. The van der Waals surface area contributed by atoms with E-state index in [9.17, 15) is 13.6 Å². The number of carbonyl (C=O) groups excluding carboxylic acids is 1. The third kappa shape index (κ3) is 4.09. The first-order valence-electron chi connectivity index (χ1n) is 4.63. The van der Waals surface area contributed by atoms with E-state index in [0.29, 0.717) is 11.3 Å². The predicted molar refractivity (Wildman–Crippen MR) is 58.9 cm³/mol. The Morgan fingerprint density at radius 2 is 2.06 bits per heavy atom. The fourth-order valence-corrected chi connectivity index (χ4v) is 1.44. The summed E-state index contributed by atoms with van der Waals surface area (Å²) in [5.74, 6) is 0.566. The van der Waals surface area contributed by atoms with E-state index in [2.05, 4.69) is 4.72 Å². The molecule has 0 radical (unpaired) electrons. The largest absolute Gasteiger partial charge is 0.760 e. The van der Waals surface area contributed by atoms with Crippen molar-refractivity contribution in [1.29, 1.82) is 0 Å². The molecule has 0 fully saturated rings. The maximum Gasteiger partial charge on any atom is 0.164 e. The molecule has 0 aliphatic rings. The second kappa shape index (κ2) is 6.37. The van der Waals surface area contributed by atoms with Gasteiger partial charge < -0.3 is 9.29 Å². The molecular formula is C10H12NO4S-. The van der Waals surface area contributed by atoms with Crippen LogP contribution in [0.2, 0.25) is 0 Å². The molecule has 0 heterocycles. The minimum atomic E-state index is -2.32. The summed E-state index contributed by atoms with van der Waals surface area (Å²) in [6.07, 6.45) is 0.139. The van der Waals surface area contributed by atoms with Gasteiger partial charge in [-0.05, 0) is 24.3 Å². The van der Waals surface area contributed by atoms with Crippen molar-refractivity contribution in [3.63, 3.8) is 0 Å². The molecular weight excluding hydrogens is 230 g/mol. The highest BCUT2D eigenvalue weighted by molar-refractivity contribution is 7.77. The molecule has 1 aromatic carbocycles. The highest BCUT2D eigenvalue weighted by atomic mass is 32.2. The minimum Gasteiger partial charge on any atom is -0.760 e. The highest BCUT2D eigenvalue weighted by Gasteiger charge is 2.05. The van der Waals surface area contributed by atoms with Crippen molar-refractivity contribution < 1.29 is 18.3 Å². The van der Waals surface area contributed by atoms with Gasteiger partial charge in [0.05, 0.1) is 7.11 Å². The summed E-state index contributed by atoms with van der Waals surface area (Å²) >= 11 is -2.32. The number of hydrogen-bond donors (Lipinski definition) is 1. The van der Waals surface area contributed by atoms with Crippen LogP contribution in [0.1, 0.15) is 16.8 Å². The highest BCUT2D eigenvalue weighted by Crippen LogP contribution is 2.12. The number of ether oxygens (including phenoxy) is 1. The number of rotatable bonds is 6. The topological polar surface area (TPSA) is 78.5 Å². The van der Waals surface area contributed by atoms with Crippen LogP contribution < -0.4 is 9.46 Å². The van der Waals surface area contributed by atoms with Gasteiger partial charge in [-0.1, -0.05) is 0 Å². The molecule has 88 valence electrons. The van der Waals surface area contributed by atoms with Crippen LogP contribution >= 0.6 is 0 Å². The van der Waals surface area contributed by atoms with Crippen LogP contribution in [0.15, 0.2) is 24.3 Å². The van der Waals surface area contributed by atoms with Gasteiger partial charge in [0.15, 0.2) is 5.78 Å². The Morgan fingerprint density at radius 1 is 1.44 bits per heavy atom. The molecule has 1 unspecified atom stereocenters. The molecule has 0 aliphatic carbocycles. The van der Waals surface area contributed by atoms with Gasteiger partial charge in [-0.15, -0.1) is 0 Å². The number of ketones is 1. The van der Waals surface area contributed by atoms with Crippen molar-refractivity contribution in [1.82, 2.24) is 4.72 Å². The number of Topliss-reactive ketones (excluding diaryl/α,β-unsaturated/α-hetero) is 1. The minimum absolute atomic E-state index is 0.111. The summed E-state index contributed by atoms with van der Waals surface area (Å²) in [4.78, 5) is 11.5. The standard InChI is InChI=1S/C10H13NO4S/c1-15-9-4-2-8(3-5-9)10(12)6-7-11-16(13)14/h2-5,11H,6-7H2,1H3,(H,13,14)/p-1. The smallest absolute Gasteiger partial charge is 0.164 e. The van der Waals surface area contributed by atoms with E-state index >= 15 is 0 Å². The Hall–Kier alpha value is -1.24. The van der Waals surface area contributed by atoms with Gasteiger partial charge >= 0.3 is 0 Å². The first kappa shape index (κ1) is 12.8. The Morgan fingerprint density at radius 3 is 2.56 bits per heavy atom. The van der Waals surface area contributed by atoms with Gasteiger partial charge in [-0.2, -0.15) is 0 Å². The lowest BCUT2D eigenvalue weighted by Crippen LogP contribution is -2.20. The normalized spacial score (nSPS) is 12.1. The lowest BCUT2D eigenvalue weighted by molar-refractivity contribution is 0.0984. The molecule has 6 heteroatoms. The first-order chi connectivity index (χ1) is 7.63. The first-order valence-corrected chi connectivity index (χ1v) is 5.71. The van der Waals surface area contributed by atoms with Gasteiger partial charge in [0, 0.05) is 29.8 Å².